The molecule has 0 aliphatic carbocycles. The summed E-state index contributed by atoms with van der Waals surface area (Å²) in [4.78, 5) is 6.96. The molecular formula is C13H13ClN2. The summed E-state index contributed by atoms with van der Waals surface area (Å²) in [5.41, 5.74) is 0.983. The second-order valence-electron chi connectivity index (χ2n) is 4.17. The van der Waals surface area contributed by atoms with Crippen LogP contribution in [-0.2, 0) is 0 Å². The van der Waals surface area contributed by atoms with Gasteiger partial charge in [0.1, 0.15) is 5.82 Å². The number of fused-ring (bicyclic) bond motifs is 1. The predicted octanol–water partition coefficient (Wildman–Crippen LogP) is 3.49. The quantitative estimate of drug-likeness (QED) is 0.748. The number of aromatic nitrogens is 1. The van der Waals surface area contributed by atoms with Gasteiger partial charge in [-0.15, -0.1) is 0 Å². The summed E-state index contributed by atoms with van der Waals surface area (Å²) in [5.74, 6) is 1.02. The van der Waals surface area contributed by atoms with Gasteiger partial charge in [0, 0.05) is 18.5 Å². The molecule has 1 aromatic heterocycles. The molecule has 1 fully saturated rings. The summed E-state index contributed by atoms with van der Waals surface area (Å²) in [7, 11) is 0. The number of halogens is 1. The molecule has 3 rings (SSSR count). The Bertz CT molecular complexity index is 518. The van der Waals surface area contributed by atoms with Crippen LogP contribution in [0, 0.1) is 0 Å². The molecule has 3 heteroatoms. The maximum absolute atomic E-state index is 6.27. The first-order chi connectivity index (χ1) is 7.84. The molecule has 2 nitrogen and oxygen atoms in total. The zero-order chi connectivity index (χ0) is 11.0. The van der Waals surface area contributed by atoms with E-state index in [1.54, 1.807) is 0 Å². The Morgan fingerprint density at radius 1 is 1.12 bits per heavy atom. The van der Waals surface area contributed by atoms with Crippen LogP contribution in [0.25, 0.3) is 10.9 Å². The number of pyridine rings is 1. The molecule has 2 aromatic rings. The van der Waals surface area contributed by atoms with Gasteiger partial charge in [0.2, 0.25) is 0 Å². The van der Waals surface area contributed by atoms with Gasteiger partial charge in [-0.25, -0.2) is 4.98 Å². The molecule has 1 aliphatic heterocycles. The van der Waals surface area contributed by atoms with Gasteiger partial charge in [-0.1, -0.05) is 29.8 Å². The Morgan fingerprint density at radius 2 is 1.88 bits per heavy atom. The van der Waals surface area contributed by atoms with E-state index in [-0.39, 0.29) is 0 Å². The van der Waals surface area contributed by atoms with Crippen LogP contribution in [0.2, 0.25) is 5.02 Å². The van der Waals surface area contributed by atoms with Gasteiger partial charge in [-0.2, -0.15) is 0 Å². The average Bonchev–Trinajstić information content (AvgIpc) is 2.82. The smallest absolute Gasteiger partial charge is 0.130 e. The van der Waals surface area contributed by atoms with Crippen molar-refractivity contribution >= 4 is 28.3 Å². The van der Waals surface area contributed by atoms with Gasteiger partial charge in [0.15, 0.2) is 0 Å². The van der Waals surface area contributed by atoms with Crippen molar-refractivity contribution in [1.82, 2.24) is 4.98 Å². The Balaban J connectivity index is 2.13. The number of nitrogens with zero attached hydrogens (tertiary/aromatic N) is 2. The summed E-state index contributed by atoms with van der Waals surface area (Å²) < 4.78 is 0. The summed E-state index contributed by atoms with van der Waals surface area (Å²) in [5, 5.41) is 1.83. The molecular weight excluding hydrogens is 220 g/mol. The summed E-state index contributed by atoms with van der Waals surface area (Å²) >= 11 is 6.27. The Morgan fingerprint density at radius 3 is 2.69 bits per heavy atom. The highest BCUT2D eigenvalue weighted by Gasteiger charge is 2.14. The SMILES string of the molecule is Clc1cc(N2CCCC2)nc2ccccc12. The zero-order valence-corrected chi connectivity index (χ0v) is 9.74. The first-order valence-corrected chi connectivity index (χ1v) is 6.02. The number of hydrogen-bond donors (Lipinski definition) is 0. The highest BCUT2D eigenvalue weighted by Crippen LogP contribution is 2.28. The minimum atomic E-state index is 0.799. The van der Waals surface area contributed by atoms with Crippen molar-refractivity contribution in [3.8, 4) is 0 Å². The monoisotopic (exact) mass is 232 g/mol. The fourth-order valence-electron chi connectivity index (χ4n) is 2.23. The highest BCUT2D eigenvalue weighted by molar-refractivity contribution is 6.35. The van der Waals surface area contributed by atoms with E-state index in [1.807, 2.05) is 30.3 Å². The molecule has 0 spiro atoms. The highest BCUT2D eigenvalue weighted by atomic mass is 35.5. The molecule has 0 unspecified atom stereocenters. The maximum atomic E-state index is 6.27. The standard InChI is InChI=1S/C13H13ClN2/c14-11-9-13(16-7-3-4-8-16)15-12-6-2-1-5-10(11)12/h1-2,5-6,9H,3-4,7-8H2. The summed E-state index contributed by atoms with van der Waals surface area (Å²) in [6.45, 7) is 2.20. The molecule has 0 atom stereocenters. The Kier molecular flexibility index (Phi) is 2.44. The van der Waals surface area contributed by atoms with Gasteiger partial charge >= 0.3 is 0 Å². The van der Waals surface area contributed by atoms with E-state index in [9.17, 15) is 0 Å². The first-order valence-electron chi connectivity index (χ1n) is 5.65. The number of benzene rings is 1. The van der Waals surface area contributed by atoms with Gasteiger partial charge < -0.3 is 4.90 Å². The van der Waals surface area contributed by atoms with Crippen molar-refractivity contribution < 1.29 is 0 Å². The van der Waals surface area contributed by atoms with Gasteiger partial charge in [0.25, 0.3) is 0 Å². The molecule has 1 aromatic carbocycles. The first kappa shape index (κ1) is 9.91. The van der Waals surface area contributed by atoms with Gasteiger partial charge in [0.05, 0.1) is 10.5 Å². The van der Waals surface area contributed by atoms with Crippen LogP contribution in [0.1, 0.15) is 12.8 Å². The van der Waals surface area contributed by atoms with Crippen LogP contribution in [0.4, 0.5) is 5.82 Å². The van der Waals surface area contributed by atoms with Crippen molar-refractivity contribution in [2.75, 3.05) is 18.0 Å². The van der Waals surface area contributed by atoms with E-state index in [2.05, 4.69) is 9.88 Å². The van der Waals surface area contributed by atoms with Crippen LogP contribution in [-0.4, -0.2) is 18.1 Å². The van der Waals surface area contributed by atoms with Crippen LogP contribution in [0.15, 0.2) is 30.3 Å². The van der Waals surface area contributed by atoms with Crippen molar-refractivity contribution in [2.24, 2.45) is 0 Å². The predicted molar refractivity (Wildman–Crippen MR) is 68.2 cm³/mol. The van der Waals surface area contributed by atoms with Crippen LogP contribution < -0.4 is 4.90 Å². The lowest BCUT2D eigenvalue weighted by atomic mass is 10.2. The van der Waals surface area contributed by atoms with E-state index >= 15 is 0 Å². The number of rotatable bonds is 1. The minimum Gasteiger partial charge on any atom is -0.357 e. The second kappa shape index (κ2) is 3.95. The molecule has 0 saturated carbocycles. The molecule has 2 heterocycles. The van der Waals surface area contributed by atoms with E-state index in [0.29, 0.717) is 0 Å². The van der Waals surface area contributed by atoms with E-state index in [4.69, 9.17) is 11.6 Å². The molecule has 0 N–H and O–H groups in total. The molecule has 0 amide bonds. The van der Waals surface area contributed by atoms with Crippen LogP contribution in [0.5, 0.6) is 0 Å². The van der Waals surface area contributed by atoms with Crippen LogP contribution in [0.3, 0.4) is 0 Å². The normalized spacial score (nSPS) is 15.9. The number of para-hydroxylation sites is 1. The molecule has 0 radical (unpaired) electrons. The van der Waals surface area contributed by atoms with E-state index < -0.39 is 0 Å². The molecule has 82 valence electrons. The lowest BCUT2D eigenvalue weighted by Gasteiger charge is -2.17. The summed E-state index contributed by atoms with van der Waals surface area (Å²) in [6, 6.07) is 10.00. The van der Waals surface area contributed by atoms with E-state index in [0.717, 1.165) is 34.8 Å². The number of anilines is 1. The van der Waals surface area contributed by atoms with E-state index in [1.165, 1.54) is 12.8 Å². The molecule has 16 heavy (non-hydrogen) atoms. The van der Waals surface area contributed by atoms with Crippen LogP contribution >= 0.6 is 11.6 Å². The zero-order valence-electron chi connectivity index (χ0n) is 8.99. The molecule has 1 saturated heterocycles. The van der Waals surface area contributed by atoms with Crippen molar-refractivity contribution in [3.63, 3.8) is 0 Å². The molecule has 0 bridgehead atoms. The fourth-order valence-corrected chi connectivity index (χ4v) is 2.49. The Labute approximate surface area is 99.8 Å². The second-order valence-corrected chi connectivity index (χ2v) is 4.58. The summed E-state index contributed by atoms with van der Waals surface area (Å²) in [6.07, 6.45) is 2.51. The molecule has 1 aliphatic rings. The fraction of sp³-hybridized carbons (Fsp3) is 0.308. The number of hydrogen-bond acceptors (Lipinski definition) is 2. The third-order valence-corrected chi connectivity index (χ3v) is 3.39. The van der Waals surface area contributed by atoms with Crippen molar-refractivity contribution in [2.45, 2.75) is 12.8 Å². The Hall–Kier alpha value is -1.28. The van der Waals surface area contributed by atoms with Crippen molar-refractivity contribution in [3.05, 3.63) is 35.4 Å². The minimum absolute atomic E-state index is 0.799. The largest absolute Gasteiger partial charge is 0.357 e. The lowest BCUT2D eigenvalue weighted by Crippen LogP contribution is -2.18. The average molecular weight is 233 g/mol. The van der Waals surface area contributed by atoms with Gasteiger partial charge in [-0.05, 0) is 25.0 Å². The third kappa shape index (κ3) is 1.63. The lowest BCUT2D eigenvalue weighted by molar-refractivity contribution is 0.944. The van der Waals surface area contributed by atoms with Gasteiger partial charge in [-0.3, -0.25) is 0 Å². The third-order valence-electron chi connectivity index (χ3n) is 3.08. The topological polar surface area (TPSA) is 16.1 Å². The maximum Gasteiger partial charge on any atom is 0.130 e. The van der Waals surface area contributed by atoms with Crippen molar-refractivity contribution in [1.29, 1.82) is 0 Å².